The first-order chi connectivity index (χ1) is 7.56. The molecule has 0 saturated heterocycles. The number of methoxy groups -OCH3 is 3. The van der Waals surface area contributed by atoms with Gasteiger partial charge in [-0.05, 0) is 13.0 Å². The number of hydrogen-bond donors (Lipinski definition) is 1. The van der Waals surface area contributed by atoms with Crippen LogP contribution in [0.3, 0.4) is 0 Å². The standard InChI is InChI=1S/C11H16ClNO3/c1-6(13)7-5-8(14-2)11(16-4)9(12)10(7)15-3/h5-6H,13H2,1-4H3. The second-order valence-corrected chi connectivity index (χ2v) is 3.72. The summed E-state index contributed by atoms with van der Waals surface area (Å²) in [6, 6.07) is 1.57. The molecule has 1 unspecified atom stereocenters. The summed E-state index contributed by atoms with van der Waals surface area (Å²) in [5, 5.41) is 0.372. The highest BCUT2D eigenvalue weighted by Gasteiger charge is 2.20. The topological polar surface area (TPSA) is 53.7 Å². The third-order valence-corrected chi connectivity index (χ3v) is 2.63. The van der Waals surface area contributed by atoms with Gasteiger partial charge in [-0.15, -0.1) is 0 Å². The Bertz CT molecular complexity index is 380. The molecule has 1 atom stereocenters. The van der Waals surface area contributed by atoms with E-state index >= 15 is 0 Å². The maximum Gasteiger partial charge on any atom is 0.183 e. The summed E-state index contributed by atoms with van der Waals surface area (Å²) >= 11 is 6.16. The average molecular weight is 246 g/mol. The van der Waals surface area contributed by atoms with Crippen molar-refractivity contribution >= 4 is 11.6 Å². The zero-order chi connectivity index (χ0) is 12.3. The van der Waals surface area contributed by atoms with Crippen LogP contribution in [0.4, 0.5) is 0 Å². The molecular weight excluding hydrogens is 230 g/mol. The van der Waals surface area contributed by atoms with Gasteiger partial charge >= 0.3 is 0 Å². The zero-order valence-electron chi connectivity index (χ0n) is 9.83. The number of benzene rings is 1. The molecule has 0 saturated carbocycles. The van der Waals surface area contributed by atoms with E-state index in [4.69, 9.17) is 31.5 Å². The molecule has 1 rings (SSSR count). The van der Waals surface area contributed by atoms with E-state index in [2.05, 4.69) is 0 Å². The quantitative estimate of drug-likeness (QED) is 0.885. The lowest BCUT2D eigenvalue weighted by Crippen LogP contribution is -2.08. The van der Waals surface area contributed by atoms with Crippen LogP contribution in [-0.4, -0.2) is 21.3 Å². The Kier molecular flexibility index (Phi) is 4.26. The van der Waals surface area contributed by atoms with Crippen LogP contribution >= 0.6 is 11.6 Å². The predicted octanol–water partition coefficient (Wildman–Crippen LogP) is 2.39. The van der Waals surface area contributed by atoms with Gasteiger partial charge in [0.15, 0.2) is 11.5 Å². The van der Waals surface area contributed by atoms with E-state index in [0.717, 1.165) is 5.56 Å². The lowest BCUT2D eigenvalue weighted by molar-refractivity contribution is 0.347. The van der Waals surface area contributed by atoms with Crippen LogP contribution in [0, 0.1) is 0 Å². The lowest BCUT2D eigenvalue weighted by atomic mass is 10.1. The number of halogens is 1. The second kappa shape index (κ2) is 5.27. The summed E-state index contributed by atoms with van der Waals surface area (Å²) < 4.78 is 15.6. The lowest BCUT2D eigenvalue weighted by Gasteiger charge is -2.18. The molecule has 2 N–H and O–H groups in total. The fourth-order valence-corrected chi connectivity index (χ4v) is 1.85. The second-order valence-electron chi connectivity index (χ2n) is 3.34. The van der Waals surface area contributed by atoms with Gasteiger partial charge in [-0.3, -0.25) is 0 Å². The van der Waals surface area contributed by atoms with Crippen LogP contribution in [0.5, 0.6) is 17.2 Å². The first-order valence-corrected chi connectivity index (χ1v) is 5.18. The van der Waals surface area contributed by atoms with Crippen molar-refractivity contribution in [1.29, 1.82) is 0 Å². The number of hydrogen-bond acceptors (Lipinski definition) is 4. The van der Waals surface area contributed by atoms with Crippen LogP contribution in [0.15, 0.2) is 6.07 Å². The summed E-state index contributed by atoms with van der Waals surface area (Å²) in [5.74, 6) is 1.51. The molecule has 0 aliphatic carbocycles. The van der Waals surface area contributed by atoms with E-state index in [1.165, 1.54) is 7.11 Å². The largest absolute Gasteiger partial charge is 0.495 e. The monoisotopic (exact) mass is 245 g/mol. The highest BCUT2D eigenvalue weighted by Crippen LogP contribution is 2.45. The number of ether oxygens (including phenoxy) is 3. The maximum atomic E-state index is 6.16. The van der Waals surface area contributed by atoms with Crippen molar-refractivity contribution < 1.29 is 14.2 Å². The highest BCUT2D eigenvalue weighted by atomic mass is 35.5. The summed E-state index contributed by atoms with van der Waals surface area (Å²) in [7, 11) is 4.61. The van der Waals surface area contributed by atoms with Crippen molar-refractivity contribution in [2.24, 2.45) is 5.73 Å². The SMILES string of the molecule is COc1cc(C(C)N)c(OC)c(Cl)c1OC. The van der Waals surface area contributed by atoms with Gasteiger partial charge in [0.05, 0.1) is 21.3 Å². The minimum atomic E-state index is -0.202. The van der Waals surface area contributed by atoms with E-state index in [9.17, 15) is 0 Å². The van der Waals surface area contributed by atoms with E-state index < -0.39 is 0 Å². The Labute approximate surface area is 100 Å². The van der Waals surface area contributed by atoms with Gasteiger partial charge in [-0.1, -0.05) is 11.6 Å². The summed E-state index contributed by atoms with van der Waals surface area (Å²) in [6.07, 6.45) is 0. The van der Waals surface area contributed by atoms with Crippen LogP contribution in [0.25, 0.3) is 0 Å². The highest BCUT2D eigenvalue weighted by molar-refractivity contribution is 6.34. The fraction of sp³-hybridized carbons (Fsp3) is 0.455. The Hall–Kier alpha value is -1.13. The average Bonchev–Trinajstić information content (AvgIpc) is 2.27. The van der Waals surface area contributed by atoms with E-state index in [-0.39, 0.29) is 6.04 Å². The minimum Gasteiger partial charge on any atom is -0.495 e. The fourth-order valence-electron chi connectivity index (χ4n) is 1.50. The van der Waals surface area contributed by atoms with Gasteiger partial charge in [0.2, 0.25) is 0 Å². The third kappa shape index (κ3) is 2.18. The van der Waals surface area contributed by atoms with E-state index in [1.807, 2.05) is 6.92 Å². The van der Waals surface area contributed by atoms with Gasteiger partial charge in [0.1, 0.15) is 10.8 Å². The maximum absolute atomic E-state index is 6.16. The molecule has 16 heavy (non-hydrogen) atoms. The molecule has 0 aliphatic rings. The van der Waals surface area contributed by atoms with Crippen molar-refractivity contribution in [2.45, 2.75) is 13.0 Å². The van der Waals surface area contributed by atoms with Crippen molar-refractivity contribution in [3.63, 3.8) is 0 Å². The molecule has 0 aromatic heterocycles. The smallest absolute Gasteiger partial charge is 0.183 e. The van der Waals surface area contributed by atoms with Crippen molar-refractivity contribution in [3.8, 4) is 17.2 Å². The summed E-state index contributed by atoms with van der Waals surface area (Å²) in [4.78, 5) is 0. The molecule has 0 fully saturated rings. The van der Waals surface area contributed by atoms with Gasteiger partial charge in [-0.2, -0.15) is 0 Å². The Morgan fingerprint density at radius 1 is 1.12 bits per heavy atom. The minimum absolute atomic E-state index is 0.202. The molecule has 90 valence electrons. The van der Waals surface area contributed by atoms with Crippen LogP contribution < -0.4 is 19.9 Å². The van der Waals surface area contributed by atoms with Gasteiger partial charge in [0, 0.05) is 11.6 Å². The molecule has 0 bridgehead atoms. The van der Waals surface area contributed by atoms with E-state index in [1.54, 1.807) is 20.3 Å². The molecule has 1 aromatic carbocycles. The number of rotatable bonds is 4. The van der Waals surface area contributed by atoms with Crippen molar-refractivity contribution in [3.05, 3.63) is 16.7 Å². The first kappa shape index (κ1) is 12.9. The van der Waals surface area contributed by atoms with E-state index in [0.29, 0.717) is 22.3 Å². The van der Waals surface area contributed by atoms with Gasteiger partial charge in [0.25, 0.3) is 0 Å². The molecule has 4 nitrogen and oxygen atoms in total. The predicted molar refractivity (Wildman–Crippen MR) is 63.7 cm³/mol. The molecule has 0 radical (unpaired) electrons. The normalized spacial score (nSPS) is 12.1. The summed E-state index contributed by atoms with van der Waals surface area (Å²) in [6.45, 7) is 1.85. The molecule has 0 amide bonds. The Morgan fingerprint density at radius 2 is 1.69 bits per heavy atom. The summed E-state index contributed by atoms with van der Waals surface area (Å²) in [5.41, 5.74) is 6.62. The van der Waals surface area contributed by atoms with Crippen LogP contribution in [0.1, 0.15) is 18.5 Å². The molecular formula is C11H16ClNO3. The molecule has 0 spiro atoms. The van der Waals surface area contributed by atoms with Gasteiger partial charge in [-0.25, -0.2) is 0 Å². The molecule has 5 heteroatoms. The first-order valence-electron chi connectivity index (χ1n) is 4.80. The number of nitrogens with two attached hydrogens (primary N) is 1. The van der Waals surface area contributed by atoms with Crippen LogP contribution in [-0.2, 0) is 0 Å². The zero-order valence-corrected chi connectivity index (χ0v) is 10.6. The Balaban J connectivity index is 3.47. The van der Waals surface area contributed by atoms with Gasteiger partial charge < -0.3 is 19.9 Å². The molecule has 1 aromatic rings. The Morgan fingerprint density at radius 3 is 2.06 bits per heavy atom. The van der Waals surface area contributed by atoms with Crippen molar-refractivity contribution in [1.82, 2.24) is 0 Å². The third-order valence-electron chi connectivity index (χ3n) is 2.29. The van der Waals surface area contributed by atoms with Crippen LogP contribution in [0.2, 0.25) is 5.02 Å². The van der Waals surface area contributed by atoms with Crippen molar-refractivity contribution in [2.75, 3.05) is 21.3 Å². The molecule has 0 heterocycles. The molecule has 0 aliphatic heterocycles.